The molecule has 1 aliphatic carbocycles. The van der Waals surface area contributed by atoms with Crippen molar-refractivity contribution in [2.45, 2.75) is 64.2 Å². The maximum Gasteiger partial charge on any atom is 0.335 e. The molecule has 0 heterocycles. The molecule has 33 heavy (non-hydrogen) atoms. The molecule has 0 aromatic heterocycles. The van der Waals surface area contributed by atoms with Crippen LogP contribution < -0.4 is 4.74 Å². The highest BCUT2D eigenvalue weighted by Gasteiger charge is 2.24. The average molecular weight is 439 g/mol. The Bertz CT molecular complexity index is 1080. The van der Waals surface area contributed by atoms with Crippen molar-refractivity contribution in [3.63, 3.8) is 0 Å². The van der Waals surface area contributed by atoms with Crippen molar-refractivity contribution < 1.29 is 9.53 Å². The fourth-order valence-electron chi connectivity index (χ4n) is 5.13. The van der Waals surface area contributed by atoms with Gasteiger partial charge in [0.15, 0.2) is 0 Å². The number of carbonyl (C=O) groups is 1. The first kappa shape index (κ1) is 23.0. The molecule has 2 heteroatoms. The highest BCUT2D eigenvalue weighted by molar-refractivity contribution is 5.83. The zero-order chi connectivity index (χ0) is 23.2. The fraction of sp³-hybridized carbons (Fsp3) is 0.323. The Labute approximate surface area is 198 Å². The summed E-state index contributed by atoms with van der Waals surface area (Å²) in [7, 11) is 0. The second-order valence-corrected chi connectivity index (χ2v) is 9.26. The molecule has 0 amide bonds. The molecule has 0 spiro atoms. The number of aryl methyl sites for hydroxylation is 2. The van der Waals surface area contributed by atoms with Crippen molar-refractivity contribution in [2.75, 3.05) is 0 Å². The van der Waals surface area contributed by atoms with E-state index in [0.717, 1.165) is 6.42 Å². The molecule has 0 aliphatic heterocycles. The average Bonchev–Trinajstić information content (AvgIpc) is 2.85. The molecular formula is C31H34O2. The van der Waals surface area contributed by atoms with E-state index in [-0.39, 0.29) is 0 Å². The second kappa shape index (κ2) is 10.7. The number of ether oxygens (including phenoxy) is 1. The van der Waals surface area contributed by atoms with Gasteiger partial charge in [0.05, 0.1) is 0 Å². The third-order valence-corrected chi connectivity index (χ3v) is 6.99. The summed E-state index contributed by atoms with van der Waals surface area (Å²) < 4.78 is 5.19. The second-order valence-electron chi connectivity index (χ2n) is 9.26. The molecule has 3 aromatic rings. The van der Waals surface area contributed by atoms with E-state index in [1.165, 1.54) is 71.6 Å². The first-order valence-corrected chi connectivity index (χ1v) is 12.2. The van der Waals surface area contributed by atoms with Crippen LogP contribution in [0.2, 0.25) is 0 Å². The summed E-state index contributed by atoms with van der Waals surface area (Å²) in [6, 6.07) is 24.1. The summed E-state index contributed by atoms with van der Waals surface area (Å²) in [5.74, 6) is 1.37. The minimum absolute atomic E-state index is 0.418. The molecule has 1 fully saturated rings. The Morgan fingerprint density at radius 1 is 0.909 bits per heavy atom. The van der Waals surface area contributed by atoms with E-state index in [4.69, 9.17) is 4.74 Å². The molecule has 0 N–H and O–H groups in total. The molecule has 0 saturated heterocycles. The molecule has 3 aromatic carbocycles. The van der Waals surface area contributed by atoms with Gasteiger partial charge in [-0.1, -0.05) is 74.5 Å². The van der Waals surface area contributed by atoms with Gasteiger partial charge in [-0.05, 0) is 96.4 Å². The topological polar surface area (TPSA) is 26.3 Å². The summed E-state index contributed by atoms with van der Waals surface area (Å²) in [4.78, 5) is 11.4. The Morgan fingerprint density at radius 2 is 1.52 bits per heavy atom. The van der Waals surface area contributed by atoms with Crippen molar-refractivity contribution in [1.29, 1.82) is 0 Å². The maximum absolute atomic E-state index is 11.4. The molecule has 0 unspecified atom stereocenters. The van der Waals surface area contributed by atoms with E-state index in [9.17, 15) is 4.79 Å². The number of esters is 1. The Balaban J connectivity index is 1.38. The number of rotatable bonds is 7. The molecule has 2 nitrogen and oxygen atoms in total. The normalized spacial score (nSPS) is 18.0. The number of hydrogen-bond donors (Lipinski definition) is 0. The van der Waals surface area contributed by atoms with Crippen LogP contribution in [0.5, 0.6) is 5.75 Å². The van der Waals surface area contributed by atoms with Crippen molar-refractivity contribution >= 4 is 5.97 Å². The zero-order valence-corrected chi connectivity index (χ0v) is 19.8. The molecular weight excluding hydrogens is 404 g/mol. The number of hydrogen-bond acceptors (Lipinski definition) is 2. The summed E-state index contributed by atoms with van der Waals surface area (Å²) in [6.45, 7) is 7.91. The smallest absolute Gasteiger partial charge is 0.335 e. The summed E-state index contributed by atoms with van der Waals surface area (Å²) >= 11 is 0. The van der Waals surface area contributed by atoms with Gasteiger partial charge in [-0.15, -0.1) is 0 Å². The van der Waals surface area contributed by atoms with Crippen LogP contribution in [-0.4, -0.2) is 5.97 Å². The van der Waals surface area contributed by atoms with Crippen LogP contribution in [-0.2, 0) is 11.2 Å². The van der Waals surface area contributed by atoms with Gasteiger partial charge in [0, 0.05) is 6.08 Å². The van der Waals surface area contributed by atoms with Crippen LogP contribution in [0, 0.1) is 6.92 Å². The van der Waals surface area contributed by atoms with Crippen molar-refractivity contribution in [3.8, 4) is 16.9 Å². The monoisotopic (exact) mass is 438 g/mol. The van der Waals surface area contributed by atoms with Gasteiger partial charge < -0.3 is 4.74 Å². The third kappa shape index (κ3) is 5.63. The van der Waals surface area contributed by atoms with Gasteiger partial charge in [-0.2, -0.15) is 0 Å². The highest BCUT2D eigenvalue weighted by atomic mass is 16.5. The van der Waals surface area contributed by atoms with E-state index in [1.54, 1.807) is 0 Å². The molecule has 4 rings (SSSR count). The fourth-order valence-corrected chi connectivity index (χ4v) is 5.13. The first-order valence-electron chi connectivity index (χ1n) is 12.2. The van der Waals surface area contributed by atoms with Gasteiger partial charge in [-0.25, -0.2) is 4.79 Å². The van der Waals surface area contributed by atoms with Crippen molar-refractivity contribution in [3.05, 3.63) is 102 Å². The molecule has 0 atom stereocenters. The maximum atomic E-state index is 11.4. The Hall–Kier alpha value is -3.13. The van der Waals surface area contributed by atoms with Crippen LogP contribution in [0.25, 0.3) is 11.1 Å². The van der Waals surface area contributed by atoms with Gasteiger partial charge in [0.1, 0.15) is 5.75 Å². The van der Waals surface area contributed by atoms with Crippen molar-refractivity contribution in [2.24, 2.45) is 0 Å². The standard InChI is InChI=1S/C31H34O2/c1-4-6-23-7-9-27(10-8-23)30-20-17-28(21-22(30)3)26-13-11-24(12-14-26)25-15-18-29(19-16-25)33-31(32)5-2/h5,7-10,15-21,24,26H,2,4,6,11-14H2,1,3H3. The van der Waals surface area contributed by atoms with E-state index < -0.39 is 5.97 Å². The van der Waals surface area contributed by atoms with Crippen LogP contribution in [0.4, 0.5) is 0 Å². The van der Waals surface area contributed by atoms with Crippen molar-refractivity contribution in [1.82, 2.24) is 0 Å². The SMILES string of the molecule is C=CC(=O)Oc1ccc(C2CCC(c3ccc(-c4ccc(CCC)cc4)c(C)c3)CC2)cc1. The van der Waals surface area contributed by atoms with Gasteiger partial charge >= 0.3 is 5.97 Å². The van der Waals surface area contributed by atoms with Crippen LogP contribution in [0.1, 0.15) is 73.1 Å². The zero-order valence-electron chi connectivity index (χ0n) is 19.8. The predicted molar refractivity (Wildman–Crippen MR) is 137 cm³/mol. The quantitative estimate of drug-likeness (QED) is 0.211. The highest BCUT2D eigenvalue weighted by Crippen LogP contribution is 2.41. The van der Waals surface area contributed by atoms with E-state index >= 15 is 0 Å². The molecule has 0 bridgehead atoms. The predicted octanol–water partition coefficient (Wildman–Crippen LogP) is 8.15. The molecule has 1 aliphatic rings. The Morgan fingerprint density at radius 3 is 2.09 bits per heavy atom. The molecule has 0 radical (unpaired) electrons. The Kier molecular flexibility index (Phi) is 7.44. The number of carbonyl (C=O) groups excluding carboxylic acids is 1. The minimum Gasteiger partial charge on any atom is -0.423 e. The lowest BCUT2D eigenvalue weighted by atomic mass is 9.76. The lowest BCUT2D eigenvalue weighted by Gasteiger charge is -2.29. The van der Waals surface area contributed by atoms with Gasteiger partial charge in [-0.3, -0.25) is 0 Å². The van der Waals surface area contributed by atoms with E-state index in [1.807, 2.05) is 12.1 Å². The van der Waals surface area contributed by atoms with E-state index in [0.29, 0.717) is 17.6 Å². The summed E-state index contributed by atoms with van der Waals surface area (Å²) in [5, 5.41) is 0. The van der Waals surface area contributed by atoms with Crippen LogP contribution in [0.15, 0.2) is 79.4 Å². The number of benzene rings is 3. The van der Waals surface area contributed by atoms with Gasteiger partial charge in [0.2, 0.25) is 0 Å². The molecule has 170 valence electrons. The van der Waals surface area contributed by atoms with Crippen LogP contribution in [0.3, 0.4) is 0 Å². The largest absolute Gasteiger partial charge is 0.423 e. The van der Waals surface area contributed by atoms with Gasteiger partial charge in [0.25, 0.3) is 0 Å². The lowest BCUT2D eigenvalue weighted by molar-refractivity contribution is -0.128. The van der Waals surface area contributed by atoms with Crippen LogP contribution >= 0.6 is 0 Å². The summed E-state index contributed by atoms with van der Waals surface area (Å²) in [6.07, 6.45) is 8.32. The third-order valence-electron chi connectivity index (χ3n) is 6.99. The first-order chi connectivity index (χ1) is 16.1. The minimum atomic E-state index is -0.418. The summed E-state index contributed by atoms with van der Waals surface area (Å²) in [5.41, 5.74) is 8.24. The lowest BCUT2D eigenvalue weighted by Crippen LogP contribution is -2.12. The van der Waals surface area contributed by atoms with E-state index in [2.05, 4.69) is 75.0 Å². The molecule has 1 saturated carbocycles.